The molecule has 3 rings (SSSR count). The predicted octanol–water partition coefficient (Wildman–Crippen LogP) is 2.17. The van der Waals surface area contributed by atoms with E-state index in [1.54, 1.807) is 6.20 Å². The van der Waals surface area contributed by atoms with Crippen molar-refractivity contribution in [3.05, 3.63) is 48.7 Å². The second kappa shape index (κ2) is 11.2. The third kappa shape index (κ3) is 6.45. The summed E-state index contributed by atoms with van der Waals surface area (Å²) in [7, 11) is 1.48. The molecule has 1 saturated heterocycles. The molecule has 2 aromatic rings. The van der Waals surface area contributed by atoms with Gasteiger partial charge in [-0.15, -0.1) is 0 Å². The highest BCUT2D eigenvalue weighted by Gasteiger charge is 2.21. The minimum atomic E-state index is -0.214. The van der Waals surface area contributed by atoms with Crippen LogP contribution in [0.15, 0.2) is 48.7 Å². The summed E-state index contributed by atoms with van der Waals surface area (Å²) in [6.07, 6.45) is 2.82. The van der Waals surface area contributed by atoms with Crippen LogP contribution < -0.4 is 15.0 Å². The van der Waals surface area contributed by atoms with E-state index in [-0.39, 0.29) is 18.4 Å². The van der Waals surface area contributed by atoms with Crippen molar-refractivity contribution in [2.75, 3.05) is 56.7 Å². The van der Waals surface area contributed by atoms with Crippen LogP contribution in [-0.4, -0.2) is 68.2 Å². The maximum Gasteiger partial charge on any atom is 0.250 e. The van der Waals surface area contributed by atoms with Gasteiger partial charge in [-0.3, -0.25) is 9.59 Å². The second-order valence-electron chi connectivity index (χ2n) is 7.02. The number of hydrogen-bond acceptors (Lipinski definition) is 6. The van der Waals surface area contributed by atoms with Crippen molar-refractivity contribution in [2.45, 2.75) is 12.8 Å². The predicted molar refractivity (Wildman–Crippen MR) is 115 cm³/mol. The molecule has 1 fully saturated rings. The number of aromatic nitrogens is 1. The Morgan fingerprint density at radius 1 is 1.07 bits per heavy atom. The zero-order chi connectivity index (χ0) is 21.2. The molecule has 0 aliphatic carbocycles. The first-order valence-corrected chi connectivity index (χ1v) is 10.1. The summed E-state index contributed by atoms with van der Waals surface area (Å²) in [6.45, 7) is 3.35. The third-order valence-corrected chi connectivity index (χ3v) is 4.81. The van der Waals surface area contributed by atoms with Gasteiger partial charge in [-0.05, 0) is 30.7 Å². The maximum absolute atomic E-state index is 12.4. The van der Waals surface area contributed by atoms with E-state index in [4.69, 9.17) is 9.47 Å². The number of amides is 2. The summed E-state index contributed by atoms with van der Waals surface area (Å²) in [4.78, 5) is 32.5. The molecule has 0 unspecified atom stereocenters. The number of pyridine rings is 1. The third-order valence-electron chi connectivity index (χ3n) is 4.81. The van der Waals surface area contributed by atoms with E-state index in [2.05, 4.69) is 15.2 Å². The fraction of sp³-hybridized carbons (Fsp3) is 0.409. The van der Waals surface area contributed by atoms with Crippen LogP contribution in [0.25, 0.3) is 0 Å². The molecule has 0 atom stereocenters. The average Bonchev–Trinajstić information content (AvgIpc) is 2.78. The quantitative estimate of drug-likeness (QED) is 0.636. The van der Waals surface area contributed by atoms with E-state index < -0.39 is 0 Å². The van der Waals surface area contributed by atoms with Gasteiger partial charge in [0.15, 0.2) is 0 Å². The number of anilines is 2. The molecule has 8 nitrogen and oxygen atoms in total. The van der Waals surface area contributed by atoms with Crippen LogP contribution in [0.3, 0.4) is 0 Å². The number of nitrogens with one attached hydrogen (secondary N) is 1. The molecule has 160 valence electrons. The van der Waals surface area contributed by atoms with E-state index in [0.717, 1.165) is 24.7 Å². The van der Waals surface area contributed by atoms with Crippen molar-refractivity contribution in [1.82, 2.24) is 9.88 Å². The lowest BCUT2D eigenvalue weighted by Gasteiger charge is -2.35. The number of methoxy groups -OCH3 is 1. The van der Waals surface area contributed by atoms with Gasteiger partial charge in [0.2, 0.25) is 11.8 Å². The van der Waals surface area contributed by atoms with Gasteiger partial charge in [-0.2, -0.15) is 0 Å². The van der Waals surface area contributed by atoms with Crippen LogP contribution in [0, 0.1) is 0 Å². The Balaban J connectivity index is 1.37. The summed E-state index contributed by atoms with van der Waals surface area (Å²) in [6, 6.07) is 13.3. The van der Waals surface area contributed by atoms with Gasteiger partial charge in [0, 0.05) is 39.7 Å². The molecule has 2 heterocycles. The number of para-hydroxylation sites is 1. The summed E-state index contributed by atoms with van der Waals surface area (Å²) < 4.78 is 10.4. The molecule has 1 aromatic heterocycles. The van der Waals surface area contributed by atoms with E-state index in [1.165, 1.54) is 7.11 Å². The van der Waals surface area contributed by atoms with Gasteiger partial charge in [0.1, 0.15) is 18.2 Å². The van der Waals surface area contributed by atoms with E-state index in [0.29, 0.717) is 38.2 Å². The Morgan fingerprint density at radius 3 is 2.50 bits per heavy atom. The second-order valence-corrected chi connectivity index (χ2v) is 7.02. The highest BCUT2D eigenvalue weighted by molar-refractivity contribution is 5.91. The van der Waals surface area contributed by atoms with Crippen molar-refractivity contribution >= 4 is 23.3 Å². The molecule has 8 heteroatoms. The zero-order valence-corrected chi connectivity index (χ0v) is 17.3. The number of hydrogen-bond donors (Lipinski definition) is 1. The fourth-order valence-corrected chi connectivity index (χ4v) is 3.25. The Hall–Kier alpha value is -3.13. The van der Waals surface area contributed by atoms with Crippen molar-refractivity contribution in [3.63, 3.8) is 0 Å². The summed E-state index contributed by atoms with van der Waals surface area (Å²) >= 11 is 0. The largest absolute Gasteiger partial charge is 0.494 e. The molecule has 2 amide bonds. The van der Waals surface area contributed by atoms with Crippen LogP contribution in [-0.2, 0) is 14.3 Å². The standard InChI is InChI=1S/C22H28N4O4/c1-29-17-21(27)24-18-9-10-20(23-16-18)25-11-13-26(14-12-25)22(28)8-5-15-30-19-6-3-2-4-7-19/h2-4,6-7,9-10,16H,5,8,11-15,17H2,1H3,(H,24,27). The van der Waals surface area contributed by atoms with Gasteiger partial charge >= 0.3 is 0 Å². The molecular weight excluding hydrogens is 384 g/mol. The zero-order valence-electron chi connectivity index (χ0n) is 17.3. The van der Waals surface area contributed by atoms with Crippen LogP contribution in [0.5, 0.6) is 5.75 Å². The molecule has 0 bridgehead atoms. The van der Waals surface area contributed by atoms with Crippen LogP contribution in [0.2, 0.25) is 0 Å². The maximum atomic E-state index is 12.4. The van der Waals surface area contributed by atoms with Crippen LogP contribution in [0.1, 0.15) is 12.8 Å². The van der Waals surface area contributed by atoms with E-state index >= 15 is 0 Å². The van der Waals surface area contributed by atoms with Gasteiger partial charge in [-0.25, -0.2) is 4.98 Å². The number of piperazine rings is 1. The lowest BCUT2D eigenvalue weighted by Crippen LogP contribution is -2.49. The molecule has 1 N–H and O–H groups in total. The Kier molecular flexibility index (Phi) is 8.02. The van der Waals surface area contributed by atoms with Crippen molar-refractivity contribution in [2.24, 2.45) is 0 Å². The molecule has 0 spiro atoms. The van der Waals surface area contributed by atoms with Crippen LogP contribution >= 0.6 is 0 Å². The first kappa shape index (κ1) is 21.6. The minimum absolute atomic E-state index is 0.0100. The van der Waals surface area contributed by atoms with Gasteiger partial charge < -0.3 is 24.6 Å². The number of nitrogens with zero attached hydrogens (tertiary/aromatic N) is 3. The Bertz CT molecular complexity index is 806. The van der Waals surface area contributed by atoms with Gasteiger partial charge in [0.05, 0.1) is 18.5 Å². The van der Waals surface area contributed by atoms with Crippen molar-refractivity contribution < 1.29 is 19.1 Å². The number of rotatable bonds is 9. The average molecular weight is 412 g/mol. The topological polar surface area (TPSA) is 84.0 Å². The Morgan fingerprint density at radius 2 is 1.83 bits per heavy atom. The van der Waals surface area contributed by atoms with Crippen molar-refractivity contribution in [3.8, 4) is 5.75 Å². The summed E-state index contributed by atoms with van der Waals surface area (Å²) in [5.74, 6) is 1.61. The van der Waals surface area contributed by atoms with Crippen LogP contribution in [0.4, 0.5) is 11.5 Å². The highest BCUT2D eigenvalue weighted by Crippen LogP contribution is 2.17. The SMILES string of the molecule is COCC(=O)Nc1ccc(N2CCN(C(=O)CCCOc3ccccc3)CC2)nc1. The number of carbonyl (C=O) groups excluding carboxylic acids is 2. The molecular formula is C22H28N4O4. The highest BCUT2D eigenvalue weighted by atomic mass is 16.5. The van der Waals surface area contributed by atoms with E-state index in [1.807, 2.05) is 47.4 Å². The molecule has 0 radical (unpaired) electrons. The monoisotopic (exact) mass is 412 g/mol. The molecule has 1 aliphatic heterocycles. The lowest BCUT2D eigenvalue weighted by molar-refractivity contribution is -0.131. The first-order valence-electron chi connectivity index (χ1n) is 10.1. The number of ether oxygens (including phenoxy) is 2. The minimum Gasteiger partial charge on any atom is -0.494 e. The number of benzene rings is 1. The van der Waals surface area contributed by atoms with E-state index in [9.17, 15) is 9.59 Å². The first-order chi connectivity index (χ1) is 14.7. The molecule has 30 heavy (non-hydrogen) atoms. The molecule has 0 saturated carbocycles. The fourth-order valence-electron chi connectivity index (χ4n) is 3.25. The molecule has 1 aromatic carbocycles. The summed E-state index contributed by atoms with van der Waals surface area (Å²) in [5, 5.41) is 2.72. The van der Waals surface area contributed by atoms with Crippen molar-refractivity contribution in [1.29, 1.82) is 0 Å². The van der Waals surface area contributed by atoms with Gasteiger partial charge in [0.25, 0.3) is 0 Å². The lowest BCUT2D eigenvalue weighted by atomic mass is 10.2. The normalized spacial score (nSPS) is 13.8. The Labute approximate surface area is 176 Å². The van der Waals surface area contributed by atoms with Gasteiger partial charge in [-0.1, -0.05) is 18.2 Å². The summed E-state index contributed by atoms with van der Waals surface area (Å²) in [5.41, 5.74) is 0.632. The smallest absolute Gasteiger partial charge is 0.250 e. The number of carbonyl (C=O) groups is 2. The molecule has 1 aliphatic rings.